The first-order valence-corrected chi connectivity index (χ1v) is 11.2. The molecule has 2 aromatic heterocycles. The molecule has 0 N–H and O–H groups in total. The lowest BCUT2D eigenvalue weighted by Gasteiger charge is -2.32. The van der Waals surface area contributed by atoms with E-state index in [1.807, 2.05) is 35.7 Å². The van der Waals surface area contributed by atoms with Gasteiger partial charge in [0.25, 0.3) is 0 Å². The molecule has 0 amide bonds. The highest BCUT2D eigenvalue weighted by molar-refractivity contribution is 9.10. The number of pyridine rings is 1. The number of thiazole rings is 1. The Labute approximate surface area is 175 Å². The van der Waals surface area contributed by atoms with Crippen molar-refractivity contribution in [3.63, 3.8) is 0 Å². The van der Waals surface area contributed by atoms with Gasteiger partial charge in [0.2, 0.25) is 0 Å². The second-order valence-electron chi connectivity index (χ2n) is 7.34. The maximum atomic E-state index is 12.2. The third-order valence-electron chi connectivity index (χ3n) is 5.54. The topological polar surface area (TPSA) is 38.1 Å². The molecule has 5 rings (SSSR count). The van der Waals surface area contributed by atoms with Gasteiger partial charge in [-0.05, 0) is 53.0 Å². The zero-order valence-electron chi connectivity index (χ0n) is 15.3. The number of hydrogen-bond donors (Lipinski definition) is 0. The van der Waals surface area contributed by atoms with Crippen molar-refractivity contribution in [2.24, 2.45) is 0 Å². The van der Waals surface area contributed by atoms with Crippen molar-refractivity contribution in [3.8, 4) is 0 Å². The van der Waals surface area contributed by atoms with E-state index in [9.17, 15) is 4.79 Å². The molecular weight excluding hydrogens is 434 g/mol. The predicted molar refractivity (Wildman–Crippen MR) is 119 cm³/mol. The van der Waals surface area contributed by atoms with Crippen molar-refractivity contribution in [1.82, 2.24) is 14.5 Å². The van der Waals surface area contributed by atoms with Crippen LogP contribution in [0.4, 0.5) is 0 Å². The molecule has 1 saturated heterocycles. The van der Waals surface area contributed by atoms with Gasteiger partial charge in [-0.25, -0.2) is 4.98 Å². The van der Waals surface area contributed by atoms with Gasteiger partial charge in [-0.1, -0.05) is 18.2 Å². The Bertz CT molecular complexity index is 1170. The van der Waals surface area contributed by atoms with E-state index < -0.39 is 0 Å². The molecule has 1 fully saturated rings. The lowest BCUT2D eigenvalue weighted by molar-refractivity contribution is 0.171. The summed E-state index contributed by atoms with van der Waals surface area (Å²) in [5, 5.41) is 2.04. The van der Waals surface area contributed by atoms with Crippen molar-refractivity contribution < 1.29 is 0 Å². The predicted octanol–water partition coefficient (Wildman–Crippen LogP) is 5.21. The van der Waals surface area contributed by atoms with Crippen LogP contribution in [0.3, 0.4) is 0 Å². The van der Waals surface area contributed by atoms with Gasteiger partial charge in [0.1, 0.15) is 0 Å². The third-order valence-corrected chi connectivity index (χ3v) is 7.38. The van der Waals surface area contributed by atoms with Gasteiger partial charge in [0.15, 0.2) is 5.43 Å². The Balaban J connectivity index is 1.33. The molecule has 0 atom stereocenters. The van der Waals surface area contributed by atoms with Gasteiger partial charge >= 0.3 is 0 Å². The molecule has 0 radical (unpaired) electrons. The molecule has 142 valence electrons. The number of halogens is 1. The number of benzene rings is 2. The van der Waals surface area contributed by atoms with Crippen LogP contribution in [0.2, 0.25) is 0 Å². The number of fused-ring (bicyclic) bond motifs is 2. The van der Waals surface area contributed by atoms with Crippen LogP contribution < -0.4 is 5.43 Å². The average molecular weight is 454 g/mol. The molecule has 0 aliphatic carbocycles. The summed E-state index contributed by atoms with van der Waals surface area (Å²) in [5.41, 5.74) is 2.17. The van der Waals surface area contributed by atoms with Crippen LogP contribution in [0, 0.1) is 0 Å². The van der Waals surface area contributed by atoms with E-state index in [1.54, 1.807) is 6.07 Å². The van der Waals surface area contributed by atoms with Gasteiger partial charge in [-0.15, -0.1) is 11.3 Å². The molecule has 0 unspecified atom stereocenters. The summed E-state index contributed by atoms with van der Waals surface area (Å²) in [6.45, 7) is 2.88. The fraction of sp³-hybridized carbons (Fsp3) is 0.273. The lowest BCUT2D eigenvalue weighted by Crippen LogP contribution is -2.34. The average Bonchev–Trinajstić information content (AvgIpc) is 3.15. The summed E-state index contributed by atoms with van der Waals surface area (Å²) in [5.74, 6) is 0.547. The molecule has 28 heavy (non-hydrogen) atoms. The second-order valence-corrected chi connectivity index (χ2v) is 9.26. The number of rotatable bonds is 3. The van der Waals surface area contributed by atoms with E-state index in [2.05, 4.69) is 49.7 Å². The van der Waals surface area contributed by atoms with Crippen LogP contribution >= 0.6 is 27.3 Å². The van der Waals surface area contributed by atoms with E-state index in [0.29, 0.717) is 5.92 Å². The molecule has 0 saturated carbocycles. The standard InChI is InChI=1S/C22H20BrN3OS/c23-17-5-3-4-16-19(27)10-13-26(21(16)17)14-25-11-8-15(9-12-25)22-24-18-6-1-2-7-20(18)28-22/h1-7,10,13,15H,8-9,11-12,14H2. The van der Waals surface area contributed by atoms with E-state index in [4.69, 9.17) is 4.98 Å². The number of nitrogens with zero attached hydrogens (tertiary/aromatic N) is 3. The zero-order valence-corrected chi connectivity index (χ0v) is 17.7. The first-order chi connectivity index (χ1) is 13.7. The highest BCUT2D eigenvalue weighted by atomic mass is 79.9. The first-order valence-electron chi connectivity index (χ1n) is 9.54. The van der Waals surface area contributed by atoms with Gasteiger partial charge < -0.3 is 4.57 Å². The summed E-state index contributed by atoms with van der Waals surface area (Å²) >= 11 is 5.46. The minimum atomic E-state index is 0.0714. The van der Waals surface area contributed by atoms with Crippen LogP contribution in [0.1, 0.15) is 23.8 Å². The Hall–Kier alpha value is -2.02. The van der Waals surface area contributed by atoms with Gasteiger partial charge in [-0.3, -0.25) is 9.69 Å². The summed E-state index contributed by atoms with van der Waals surface area (Å²) < 4.78 is 4.43. The zero-order chi connectivity index (χ0) is 19.1. The molecular formula is C22H20BrN3OS. The normalized spacial score (nSPS) is 16.2. The quantitative estimate of drug-likeness (QED) is 0.427. The highest BCUT2D eigenvalue weighted by Gasteiger charge is 2.23. The van der Waals surface area contributed by atoms with Crippen LogP contribution in [-0.2, 0) is 6.67 Å². The Morgan fingerprint density at radius 1 is 1.07 bits per heavy atom. The molecule has 4 nitrogen and oxygen atoms in total. The Morgan fingerprint density at radius 2 is 1.89 bits per heavy atom. The van der Waals surface area contributed by atoms with Crippen LogP contribution in [0.5, 0.6) is 0 Å². The number of likely N-dealkylation sites (tertiary alicyclic amines) is 1. The highest BCUT2D eigenvalue weighted by Crippen LogP contribution is 2.34. The summed E-state index contributed by atoms with van der Waals surface area (Å²) in [7, 11) is 0. The smallest absolute Gasteiger partial charge is 0.189 e. The van der Waals surface area contributed by atoms with Crippen LogP contribution in [0.25, 0.3) is 21.1 Å². The molecule has 0 bridgehead atoms. The third kappa shape index (κ3) is 3.30. The Kier molecular flexibility index (Phi) is 4.78. The lowest BCUT2D eigenvalue weighted by atomic mass is 9.98. The van der Waals surface area contributed by atoms with Crippen molar-refractivity contribution in [2.75, 3.05) is 13.1 Å². The monoisotopic (exact) mass is 453 g/mol. The van der Waals surface area contributed by atoms with Crippen molar-refractivity contribution in [2.45, 2.75) is 25.4 Å². The Morgan fingerprint density at radius 3 is 2.71 bits per heavy atom. The number of aromatic nitrogens is 2. The second kappa shape index (κ2) is 7.43. The van der Waals surface area contributed by atoms with Gasteiger partial charge in [-0.2, -0.15) is 0 Å². The molecule has 0 spiro atoms. The largest absolute Gasteiger partial charge is 0.333 e. The van der Waals surface area contributed by atoms with E-state index in [1.165, 1.54) is 9.71 Å². The minimum absolute atomic E-state index is 0.0714. The molecule has 2 aromatic carbocycles. The maximum Gasteiger partial charge on any atom is 0.189 e. The van der Waals surface area contributed by atoms with Crippen LogP contribution in [0.15, 0.2) is 64.0 Å². The SMILES string of the molecule is O=c1ccn(CN2CCC(c3nc4ccccc4s3)CC2)c2c(Br)cccc12. The van der Waals surface area contributed by atoms with E-state index in [0.717, 1.165) is 53.5 Å². The molecule has 1 aliphatic heterocycles. The first kappa shape index (κ1) is 18.0. The summed E-state index contributed by atoms with van der Waals surface area (Å²) in [6, 6.07) is 15.9. The van der Waals surface area contributed by atoms with Gasteiger partial charge in [0.05, 0.1) is 27.4 Å². The van der Waals surface area contributed by atoms with Gasteiger partial charge in [0, 0.05) is 41.1 Å². The molecule has 6 heteroatoms. The fourth-order valence-electron chi connectivity index (χ4n) is 4.05. The maximum absolute atomic E-state index is 12.2. The number of para-hydroxylation sites is 2. The number of hydrogen-bond acceptors (Lipinski definition) is 4. The molecule has 3 heterocycles. The summed E-state index contributed by atoms with van der Waals surface area (Å²) in [6.07, 6.45) is 4.16. The van der Waals surface area contributed by atoms with Crippen LogP contribution in [-0.4, -0.2) is 27.5 Å². The molecule has 4 aromatic rings. The van der Waals surface area contributed by atoms with E-state index in [-0.39, 0.29) is 5.43 Å². The number of piperidine rings is 1. The minimum Gasteiger partial charge on any atom is -0.333 e. The summed E-state index contributed by atoms with van der Waals surface area (Å²) in [4.78, 5) is 19.5. The van der Waals surface area contributed by atoms with Crippen molar-refractivity contribution in [3.05, 3.63) is 74.4 Å². The van der Waals surface area contributed by atoms with E-state index >= 15 is 0 Å². The molecule has 1 aliphatic rings. The van der Waals surface area contributed by atoms with Crippen molar-refractivity contribution in [1.29, 1.82) is 0 Å². The van der Waals surface area contributed by atoms with Crippen molar-refractivity contribution >= 4 is 48.4 Å². The fourth-order valence-corrected chi connectivity index (χ4v) is 5.78.